The second-order valence-electron chi connectivity index (χ2n) is 3.29. The molecular formula is C12H14O2. The van der Waals surface area contributed by atoms with Gasteiger partial charge in [0.05, 0.1) is 13.7 Å². The molecule has 0 amide bonds. The summed E-state index contributed by atoms with van der Waals surface area (Å²) in [6.07, 6.45) is 4.38. The van der Waals surface area contributed by atoms with Gasteiger partial charge in [0.15, 0.2) is 0 Å². The van der Waals surface area contributed by atoms with E-state index in [9.17, 15) is 0 Å². The second-order valence-corrected chi connectivity index (χ2v) is 3.29. The third kappa shape index (κ3) is 1.90. The molecule has 2 heteroatoms. The van der Waals surface area contributed by atoms with Crippen LogP contribution in [0, 0.1) is 0 Å². The number of methoxy groups -OCH3 is 1. The highest BCUT2D eigenvalue weighted by atomic mass is 16.5. The van der Waals surface area contributed by atoms with Crippen LogP contribution in [-0.4, -0.2) is 13.7 Å². The van der Waals surface area contributed by atoms with Crippen LogP contribution in [0.15, 0.2) is 30.3 Å². The molecule has 0 saturated heterocycles. The zero-order valence-electron chi connectivity index (χ0n) is 8.32. The van der Waals surface area contributed by atoms with Crippen molar-refractivity contribution in [3.63, 3.8) is 0 Å². The van der Waals surface area contributed by atoms with Gasteiger partial charge in [-0.25, -0.2) is 0 Å². The van der Waals surface area contributed by atoms with Crippen molar-refractivity contribution in [3.8, 4) is 5.75 Å². The Morgan fingerprint density at radius 1 is 1.21 bits per heavy atom. The molecule has 1 aliphatic heterocycles. The topological polar surface area (TPSA) is 18.5 Å². The molecule has 0 aliphatic carbocycles. The van der Waals surface area contributed by atoms with Crippen LogP contribution >= 0.6 is 0 Å². The SMILES string of the molecule is COc1ccc(C2=CCCCO2)cc1. The van der Waals surface area contributed by atoms with Crippen molar-refractivity contribution in [2.45, 2.75) is 12.8 Å². The van der Waals surface area contributed by atoms with E-state index in [1.165, 1.54) is 0 Å². The molecule has 2 rings (SSSR count). The zero-order valence-corrected chi connectivity index (χ0v) is 8.32. The van der Waals surface area contributed by atoms with Crippen LogP contribution in [-0.2, 0) is 4.74 Å². The number of hydrogen-bond donors (Lipinski definition) is 0. The van der Waals surface area contributed by atoms with E-state index in [2.05, 4.69) is 6.08 Å². The minimum Gasteiger partial charge on any atom is -0.497 e. The molecule has 2 nitrogen and oxygen atoms in total. The van der Waals surface area contributed by atoms with Gasteiger partial charge in [-0.3, -0.25) is 0 Å². The molecule has 0 fully saturated rings. The minimum absolute atomic E-state index is 0.831. The number of allylic oxidation sites excluding steroid dienone is 1. The van der Waals surface area contributed by atoms with Crippen LogP contribution in [0.1, 0.15) is 18.4 Å². The lowest BCUT2D eigenvalue weighted by atomic mass is 10.1. The van der Waals surface area contributed by atoms with E-state index in [0.29, 0.717) is 0 Å². The van der Waals surface area contributed by atoms with Gasteiger partial charge < -0.3 is 9.47 Å². The van der Waals surface area contributed by atoms with Crippen LogP contribution < -0.4 is 4.74 Å². The molecule has 0 bridgehead atoms. The van der Waals surface area contributed by atoms with Crippen molar-refractivity contribution in [1.29, 1.82) is 0 Å². The lowest BCUT2D eigenvalue weighted by Gasteiger charge is -2.15. The van der Waals surface area contributed by atoms with Crippen molar-refractivity contribution >= 4 is 5.76 Å². The van der Waals surface area contributed by atoms with Crippen LogP contribution in [0.3, 0.4) is 0 Å². The summed E-state index contributed by atoms with van der Waals surface area (Å²) in [4.78, 5) is 0. The smallest absolute Gasteiger partial charge is 0.122 e. The highest BCUT2D eigenvalue weighted by Gasteiger charge is 2.06. The van der Waals surface area contributed by atoms with E-state index in [4.69, 9.17) is 9.47 Å². The summed E-state index contributed by atoms with van der Waals surface area (Å²) in [7, 11) is 1.67. The fraction of sp³-hybridized carbons (Fsp3) is 0.333. The van der Waals surface area contributed by atoms with Crippen LogP contribution in [0.2, 0.25) is 0 Å². The fourth-order valence-electron chi connectivity index (χ4n) is 1.51. The molecule has 0 radical (unpaired) electrons. The average Bonchev–Trinajstić information content (AvgIpc) is 2.30. The van der Waals surface area contributed by atoms with Gasteiger partial charge in [-0.15, -0.1) is 0 Å². The first-order valence-electron chi connectivity index (χ1n) is 4.87. The van der Waals surface area contributed by atoms with Gasteiger partial charge in [0.2, 0.25) is 0 Å². The molecule has 1 aromatic rings. The maximum absolute atomic E-state index is 5.56. The van der Waals surface area contributed by atoms with Gasteiger partial charge in [-0.1, -0.05) is 0 Å². The largest absolute Gasteiger partial charge is 0.497 e. The molecule has 1 aliphatic rings. The number of hydrogen-bond acceptors (Lipinski definition) is 2. The first kappa shape index (κ1) is 9.13. The maximum atomic E-state index is 5.56. The molecule has 74 valence electrons. The Hall–Kier alpha value is -1.44. The van der Waals surface area contributed by atoms with E-state index >= 15 is 0 Å². The van der Waals surface area contributed by atoms with E-state index < -0.39 is 0 Å². The van der Waals surface area contributed by atoms with Gasteiger partial charge in [0.25, 0.3) is 0 Å². The summed E-state index contributed by atoms with van der Waals surface area (Å²) in [5.41, 5.74) is 1.13. The molecule has 1 aromatic carbocycles. The van der Waals surface area contributed by atoms with Gasteiger partial charge in [0, 0.05) is 5.56 Å². The Bertz CT molecular complexity index is 325. The number of benzene rings is 1. The highest BCUT2D eigenvalue weighted by molar-refractivity contribution is 5.60. The summed E-state index contributed by atoms with van der Waals surface area (Å²) in [5.74, 6) is 1.88. The molecule has 0 unspecified atom stereocenters. The van der Waals surface area contributed by atoms with E-state index in [1.807, 2.05) is 24.3 Å². The molecule has 1 heterocycles. The van der Waals surface area contributed by atoms with Crippen molar-refractivity contribution in [2.24, 2.45) is 0 Å². The highest BCUT2D eigenvalue weighted by Crippen LogP contribution is 2.23. The van der Waals surface area contributed by atoms with Crippen LogP contribution in [0.5, 0.6) is 5.75 Å². The fourth-order valence-corrected chi connectivity index (χ4v) is 1.51. The Morgan fingerprint density at radius 3 is 2.57 bits per heavy atom. The Morgan fingerprint density at radius 2 is 2.00 bits per heavy atom. The molecule has 0 aromatic heterocycles. The Kier molecular flexibility index (Phi) is 2.73. The third-order valence-electron chi connectivity index (χ3n) is 2.31. The van der Waals surface area contributed by atoms with Gasteiger partial charge in [-0.05, 0) is 43.2 Å². The Labute approximate surface area is 84.2 Å². The predicted octanol–water partition coefficient (Wildman–Crippen LogP) is 2.85. The average molecular weight is 190 g/mol. The molecule has 0 N–H and O–H groups in total. The number of ether oxygens (including phenoxy) is 2. The number of rotatable bonds is 2. The summed E-state index contributed by atoms with van der Waals surface area (Å²) < 4.78 is 10.7. The maximum Gasteiger partial charge on any atom is 0.122 e. The van der Waals surface area contributed by atoms with Crippen LogP contribution in [0.4, 0.5) is 0 Å². The summed E-state index contributed by atoms with van der Waals surface area (Å²) in [5, 5.41) is 0. The predicted molar refractivity (Wildman–Crippen MR) is 56.2 cm³/mol. The van der Waals surface area contributed by atoms with Crippen molar-refractivity contribution in [3.05, 3.63) is 35.9 Å². The molecular weight excluding hydrogens is 176 g/mol. The second kappa shape index (κ2) is 4.18. The van der Waals surface area contributed by atoms with E-state index in [0.717, 1.165) is 36.5 Å². The zero-order chi connectivity index (χ0) is 9.80. The Balaban J connectivity index is 2.19. The van der Waals surface area contributed by atoms with Gasteiger partial charge in [-0.2, -0.15) is 0 Å². The molecule has 14 heavy (non-hydrogen) atoms. The molecule has 0 saturated carbocycles. The monoisotopic (exact) mass is 190 g/mol. The standard InChI is InChI=1S/C12H14O2/c1-13-11-7-5-10(6-8-11)12-4-2-3-9-14-12/h4-8H,2-3,9H2,1H3. The van der Waals surface area contributed by atoms with E-state index in [-0.39, 0.29) is 0 Å². The molecule has 0 atom stereocenters. The third-order valence-corrected chi connectivity index (χ3v) is 2.31. The van der Waals surface area contributed by atoms with Gasteiger partial charge in [0.1, 0.15) is 11.5 Å². The van der Waals surface area contributed by atoms with Crippen molar-refractivity contribution < 1.29 is 9.47 Å². The first-order chi connectivity index (χ1) is 6.90. The van der Waals surface area contributed by atoms with E-state index in [1.54, 1.807) is 7.11 Å². The van der Waals surface area contributed by atoms with Crippen molar-refractivity contribution in [1.82, 2.24) is 0 Å². The quantitative estimate of drug-likeness (QED) is 0.714. The minimum atomic E-state index is 0.831. The lowest BCUT2D eigenvalue weighted by Crippen LogP contribution is -2.00. The van der Waals surface area contributed by atoms with Gasteiger partial charge >= 0.3 is 0 Å². The summed E-state index contributed by atoms with van der Waals surface area (Å²) >= 11 is 0. The summed E-state index contributed by atoms with van der Waals surface area (Å²) in [6, 6.07) is 7.95. The van der Waals surface area contributed by atoms with Crippen LogP contribution in [0.25, 0.3) is 5.76 Å². The normalized spacial score (nSPS) is 15.6. The lowest BCUT2D eigenvalue weighted by molar-refractivity contribution is 0.259. The molecule has 0 spiro atoms. The summed E-state index contributed by atoms with van der Waals surface area (Å²) in [6.45, 7) is 0.831. The van der Waals surface area contributed by atoms with Crippen molar-refractivity contribution in [2.75, 3.05) is 13.7 Å². The first-order valence-corrected chi connectivity index (χ1v) is 4.87.